The second-order valence-electron chi connectivity index (χ2n) is 5.41. The van der Waals surface area contributed by atoms with E-state index < -0.39 is 36.3 Å². The minimum atomic E-state index is -1.17. The van der Waals surface area contributed by atoms with Crippen LogP contribution in [-0.2, 0) is 14.4 Å². The highest BCUT2D eigenvalue weighted by Crippen LogP contribution is 2.27. The second kappa shape index (κ2) is 7.84. The lowest BCUT2D eigenvalue weighted by Crippen LogP contribution is -2.51. The summed E-state index contributed by atoms with van der Waals surface area (Å²) in [5.41, 5.74) is 10.7. The Morgan fingerprint density at radius 3 is 2.30 bits per heavy atom. The first kappa shape index (κ1) is 16.4. The van der Waals surface area contributed by atoms with E-state index in [0.717, 1.165) is 25.7 Å². The third-order valence-electron chi connectivity index (χ3n) is 3.69. The molecule has 0 aliphatic heterocycles. The van der Waals surface area contributed by atoms with Gasteiger partial charge in [-0.2, -0.15) is 0 Å². The molecule has 6 N–H and O–H groups in total. The number of carboxylic acid groups (broad SMARTS) is 1. The third kappa shape index (κ3) is 5.56. The molecule has 1 fully saturated rings. The molecule has 0 aromatic heterocycles. The number of rotatable bonds is 7. The molecular formula is C13H23N3O4. The van der Waals surface area contributed by atoms with Crippen molar-refractivity contribution < 1.29 is 19.5 Å². The number of hydrogen-bond acceptors (Lipinski definition) is 4. The summed E-state index contributed by atoms with van der Waals surface area (Å²) in [6.45, 7) is 0. The van der Waals surface area contributed by atoms with Crippen molar-refractivity contribution in [2.24, 2.45) is 17.4 Å². The van der Waals surface area contributed by atoms with E-state index in [1.807, 2.05) is 0 Å². The van der Waals surface area contributed by atoms with Gasteiger partial charge in [0.1, 0.15) is 6.04 Å². The van der Waals surface area contributed by atoms with Gasteiger partial charge in [-0.1, -0.05) is 32.1 Å². The van der Waals surface area contributed by atoms with Gasteiger partial charge in [-0.15, -0.1) is 0 Å². The molecule has 0 bridgehead atoms. The predicted molar refractivity (Wildman–Crippen MR) is 72.5 cm³/mol. The quantitative estimate of drug-likeness (QED) is 0.510. The van der Waals surface area contributed by atoms with Crippen LogP contribution in [0.3, 0.4) is 0 Å². The highest BCUT2D eigenvalue weighted by atomic mass is 16.4. The van der Waals surface area contributed by atoms with E-state index >= 15 is 0 Å². The fourth-order valence-corrected chi connectivity index (χ4v) is 2.56. The molecule has 1 rings (SSSR count). The Balaban J connectivity index is 2.51. The van der Waals surface area contributed by atoms with Crippen LogP contribution in [0, 0.1) is 5.92 Å². The number of carbonyl (C=O) groups is 3. The van der Waals surface area contributed by atoms with Crippen molar-refractivity contribution in [1.29, 1.82) is 0 Å². The van der Waals surface area contributed by atoms with Gasteiger partial charge in [-0.3, -0.25) is 14.4 Å². The third-order valence-corrected chi connectivity index (χ3v) is 3.69. The van der Waals surface area contributed by atoms with E-state index in [4.69, 9.17) is 16.6 Å². The molecule has 1 aliphatic carbocycles. The van der Waals surface area contributed by atoms with Crippen LogP contribution in [-0.4, -0.2) is 35.0 Å². The van der Waals surface area contributed by atoms with E-state index in [1.165, 1.54) is 6.42 Å². The summed E-state index contributed by atoms with van der Waals surface area (Å²) in [5, 5.41) is 11.1. The molecule has 2 amide bonds. The monoisotopic (exact) mass is 285 g/mol. The Kier molecular flexibility index (Phi) is 6.44. The molecule has 7 heteroatoms. The highest BCUT2D eigenvalue weighted by Gasteiger charge is 2.26. The maximum Gasteiger partial charge on any atom is 0.305 e. The van der Waals surface area contributed by atoms with E-state index in [0.29, 0.717) is 12.3 Å². The lowest BCUT2D eigenvalue weighted by atomic mass is 9.84. The Morgan fingerprint density at radius 2 is 1.80 bits per heavy atom. The molecule has 114 valence electrons. The predicted octanol–water partition coefficient (Wildman–Crippen LogP) is -0.271. The van der Waals surface area contributed by atoms with E-state index in [1.54, 1.807) is 0 Å². The summed E-state index contributed by atoms with van der Waals surface area (Å²) in [6.07, 6.45) is 5.54. The Bertz CT molecular complexity index is 367. The Hall–Kier alpha value is -1.63. The first-order chi connectivity index (χ1) is 9.40. The van der Waals surface area contributed by atoms with Gasteiger partial charge in [-0.05, 0) is 12.3 Å². The number of carboxylic acids is 1. The van der Waals surface area contributed by atoms with Gasteiger partial charge in [0, 0.05) is 0 Å². The SMILES string of the molecule is NC(=O)C(CC1CCCCC1)NC(=O)C(N)CC(=O)O. The average Bonchev–Trinajstić information content (AvgIpc) is 2.38. The smallest absolute Gasteiger partial charge is 0.305 e. The van der Waals surface area contributed by atoms with Gasteiger partial charge in [0.05, 0.1) is 12.5 Å². The first-order valence-corrected chi connectivity index (χ1v) is 6.97. The lowest BCUT2D eigenvalue weighted by molar-refractivity contribution is -0.139. The zero-order chi connectivity index (χ0) is 15.1. The minimum Gasteiger partial charge on any atom is -0.481 e. The molecule has 2 atom stereocenters. The van der Waals surface area contributed by atoms with Crippen LogP contribution in [0.1, 0.15) is 44.9 Å². The number of aliphatic carboxylic acids is 1. The van der Waals surface area contributed by atoms with Crippen molar-refractivity contribution in [3.8, 4) is 0 Å². The molecule has 1 saturated carbocycles. The van der Waals surface area contributed by atoms with Crippen molar-refractivity contribution in [3.05, 3.63) is 0 Å². The zero-order valence-electron chi connectivity index (χ0n) is 11.5. The van der Waals surface area contributed by atoms with Gasteiger partial charge in [-0.25, -0.2) is 0 Å². The largest absolute Gasteiger partial charge is 0.481 e. The molecule has 1 aliphatic rings. The topological polar surface area (TPSA) is 136 Å². The van der Waals surface area contributed by atoms with Gasteiger partial charge < -0.3 is 21.9 Å². The number of hydrogen-bond donors (Lipinski definition) is 4. The molecule has 0 saturated heterocycles. The summed E-state index contributed by atoms with van der Waals surface area (Å²) in [4.78, 5) is 33.6. The molecule has 0 heterocycles. The van der Waals surface area contributed by atoms with Crippen LogP contribution < -0.4 is 16.8 Å². The average molecular weight is 285 g/mol. The van der Waals surface area contributed by atoms with E-state index in [9.17, 15) is 14.4 Å². The maximum atomic E-state index is 11.7. The Morgan fingerprint density at radius 1 is 1.20 bits per heavy atom. The van der Waals surface area contributed by atoms with Crippen LogP contribution in [0.25, 0.3) is 0 Å². The van der Waals surface area contributed by atoms with Crippen molar-refractivity contribution in [3.63, 3.8) is 0 Å². The maximum absolute atomic E-state index is 11.7. The van der Waals surface area contributed by atoms with Crippen molar-refractivity contribution >= 4 is 17.8 Å². The van der Waals surface area contributed by atoms with Crippen LogP contribution in [0.15, 0.2) is 0 Å². The number of primary amides is 1. The molecule has 0 aromatic carbocycles. The summed E-state index contributed by atoms with van der Waals surface area (Å²) in [6, 6.07) is -1.94. The normalized spacial score (nSPS) is 19.1. The first-order valence-electron chi connectivity index (χ1n) is 6.97. The van der Waals surface area contributed by atoms with Gasteiger partial charge in [0.2, 0.25) is 11.8 Å². The van der Waals surface area contributed by atoms with Crippen LogP contribution in [0.2, 0.25) is 0 Å². The lowest BCUT2D eigenvalue weighted by Gasteiger charge is -2.26. The summed E-state index contributed by atoms with van der Waals surface area (Å²) in [5.74, 6) is -2.04. The van der Waals surface area contributed by atoms with Gasteiger partial charge in [0.25, 0.3) is 0 Å². The van der Waals surface area contributed by atoms with Crippen molar-refractivity contribution in [2.45, 2.75) is 57.0 Å². The highest BCUT2D eigenvalue weighted by molar-refractivity contribution is 5.90. The van der Waals surface area contributed by atoms with Crippen LogP contribution in [0.4, 0.5) is 0 Å². The molecule has 7 nitrogen and oxygen atoms in total. The van der Waals surface area contributed by atoms with Gasteiger partial charge >= 0.3 is 5.97 Å². The zero-order valence-corrected chi connectivity index (χ0v) is 11.5. The standard InChI is InChI=1S/C13H23N3O4/c14-9(7-11(17)18)13(20)16-10(12(15)19)6-8-4-2-1-3-5-8/h8-10H,1-7,14H2,(H2,15,19)(H,16,20)(H,17,18). The summed E-state index contributed by atoms with van der Waals surface area (Å²) >= 11 is 0. The molecule has 2 unspecified atom stereocenters. The van der Waals surface area contributed by atoms with Crippen LogP contribution >= 0.6 is 0 Å². The molecule has 0 spiro atoms. The van der Waals surface area contributed by atoms with Crippen molar-refractivity contribution in [1.82, 2.24) is 5.32 Å². The number of amides is 2. The summed E-state index contributed by atoms with van der Waals surface area (Å²) < 4.78 is 0. The number of carbonyl (C=O) groups excluding carboxylic acids is 2. The van der Waals surface area contributed by atoms with E-state index in [2.05, 4.69) is 5.32 Å². The van der Waals surface area contributed by atoms with Crippen LogP contribution in [0.5, 0.6) is 0 Å². The Labute approximate surface area is 118 Å². The number of nitrogens with two attached hydrogens (primary N) is 2. The van der Waals surface area contributed by atoms with E-state index in [-0.39, 0.29) is 0 Å². The fourth-order valence-electron chi connectivity index (χ4n) is 2.56. The second-order valence-corrected chi connectivity index (χ2v) is 5.41. The summed E-state index contributed by atoms with van der Waals surface area (Å²) in [7, 11) is 0. The van der Waals surface area contributed by atoms with Gasteiger partial charge in [0.15, 0.2) is 0 Å². The molecule has 0 radical (unpaired) electrons. The molecule has 0 aromatic rings. The number of nitrogens with one attached hydrogen (secondary N) is 1. The fraction of sp³-hybridized carbons (Fsp3) is 0.769. The molecular weight excluding hydrogens is 262 g/mol. The minimum absolute atomic E-state index is 0.372. The molecule has 20 heavy (non-hydrogen) atoms. The van der Waals surface area contributed by atoms with Crippen molar-refractivity contribution in [2.75, 3.05) is 0 Å².